The van der Waals surface area contributed by atoms with Gasteiger partial charge in [-0.25, -0.2) is 18.6 Å². The number of ether oxygens (including phenoxy) is 2. The van der Waals surface area contributed by atoms with Crippen molar-refractivity contribution in [1.82, 2.24) is 14.5 Å². The summed E-state index contributed by atoms with van der Waals surface area (Å²) < 4.78 is 41.5. The molecule has 0 spiro atoms. The average Bonchev–Trinajstić information content (AvgIpc) is 3.11. The Hall–Kier alpha value is -3.06. The van der Waals surface area contributed by atoms with E-state index in [0.717, 1.165) is 6.07 Å². The van der Waals surface area contributed by atoms with Crippen LogP contribution in [0.15, 0.2) is 11.1 Å². The van der Waals surface area contributed by atoms with Crippen molar-refractivity contribution in [3.05, 3.63) is 23.3 Å². The van der Waals surface area contributed by atoms with Gasteiger partial charge in [0.1, 0.15) is 17.1 Å². The second kappa shape index (κ2) is 8.36. The van der Waals surface area contributed by atoms with Gasteiger partial charge < -0.3 is 18.9 Å². The highest BCUT2D eigenvalue weighted by molar-refractivity contribution is 5.90. The van der Waals surface area contributed by atoms with Gasteiger partial charge in [0.05, 0.1) is 18.8 Å². The average molecular weight is 419 g/mol. The molecule has 2 aromatic rings. The van der Waals surface area contributed by atoms with Crippen molar-refractivity contribution in [2.75, 3.05) is 26.3 Å². The van der Waals surface area contributed by atoms with E-state index in [1.54, 1.807) is 33.8 Å². The van der Waals surface area contributed by atoms with Gasteiger partial charge in [0.2, 0.25) is 11.8 Å². The molecule has 10 heteroatoms. The molecule has 3 rings (SSSR count). The Bertz CT molecular complexity index is 1040. The number of hydrogen-bond donors (Lipinski definition) is 0. The first-order chi connectivity index (χ1) is 14.2. The smallest absolute Gasteiger partial charge is 0.395 e. The number of imidazole rings is 1. The molecule has 1 aliphatic heterocycles. The van der Waals surface area contributed by atoms with E-state index in [2.05, 4.69) is 9.98 Å². The lowest BCUT2D eigenvalue weighted by molar-refractivity contribution is 0.0402. The van der Waals surface area contributed by atoms with Crippen LogP contribution in [0, 0.1) is 23.0 Å². The molecule has 1 aromatic carbocycles. The molecule has 1 saturated heterocycles. The SMILES string of the molecule is CC/C(=N/c1nc2c(F)cc(C#N)c(F)c2n1C(C)(C)C)OC(=O)N1CCOCC1. The van der Waals surface area contributed by atoms with E-state index in [9.17, 15) is 13.6 Å². The zero-order valence-corrected chi connectivity index (χ0v) is 17.3. The number of carbonyl (C=O) groups is 1. The maximum absolute atomic E-state index is 14.9. The van der Waals surface area contributed by atoms with Crippen LogP contribution in [0.25, 0.3) is 11.0 Å². The summed E-state index contributed by atoms with van der Waals surface area (Å²) >= 11 is 0. The minimum atomic E-state index is -0.874. The second-order valence-corrected chi connectivity index (χ2v) is 7.77. The van der Waals surface area contributed by atoms with Crippen LogP contribution < -0.4 is 0 Å². The van der Waals surface area contributed by atoms with Crippen molar-refractivity contribution in [2.45, 2.75) is 39.7 Å². The van der Waals surface area contributed by atoms with E-state index >= 15 is 0 Å². The molecule has 0 saturated carbocycles. The first-order valence-electron chi connectivity index (χ1n) is 9.60. The molecule has 8 nitrogen and oxygen atoms in total. The topological polar surface area (TPSA) is 92.7 Å². The Labute approximate surface area is 172 Å². The molecule has 1 fully saturated rings. The van der Waals surface area contributed by atoms with Crippen molar-refractivity contribution in [2.24, 2.45) is 4.99 Å². The number of nitrogens with zero attached hydrogens (tertiary/aromatic N) is 5. The predicted octanol–water partition coefficient (Wildman–Crippen LogP) is 3.85. The Morgan fingerprint density at radius 1 is 1.37 bits per heavy atom. The monoisotopic (exact) mass is 419 g/mol. The summed E-state index contributed by atoms with van der Waals surface area (Å²) in [6, 6.07) is 2.46. The van der Waals surface area contributed by atoms with Crippen LogP contribution in [0.3, 0.4) is 0 Å². The van der Waals surface area contributed by atoms with Gasteiger partial charge in [-0.05, 0) is 26.8 Å². The quantitative estimate of drug-likeness (QED) is 0.545. The van der Waals surface area contributed by atoms with Crippen molar-refractivity contribution >= 4 is 29.0 Å². The van der Waals surface area contributed by atoms with Gasteiger partial charge in [0.25, 0.3) is 0 Å². The van der Waals surface area contributed by atoms with Crippen molar-refractivity contribution in [3.8, 4) is 6.07 Å². The van der Waals surface area contributed by atoms with E-state index in [1.807, 2.05) is 0 Å². The summed E-state index contributed by atoms with van der Waals surface area (Å²) in [6.07, 6.45) is -0.306. The number of rotatable bonds is 2. The second-order valence-electron chi connectivity index (χ2n) is 7.77. The molecule has 30 heavy (non-hydrogen) atoms. The number of aromatic nitrogens is 2. The number of morpholine rings is 1. The summed E-state index contributed by atoms with van der Waals surface area (Å²) in [7, 11) is 0. The molecular weight excluding hydrogens is 396 g/mol. The Morgan fingerprint density at radius 3 is 2.60 bits per heavy atom. The molecule has 0 unspecified atom stereocenters. The number of aliphatic imine (C=N–C) groups is 1. The summed E-state index contributed by atoms with van der Waals surface area (Å²) in [5.74, 6) is -1.66. The van der Waals surface area contributed by atoms with Crippen molar-refractivity contribution < 1.29 is 23.0 Å². The zero-order valence-electron chi connectivity index (χ0n) is 17.3. The van der Waals surface area contributed by atoms with Gasteiger partial charge in [-0.15, -0.1) is 0 Å². The lowest BCUT2D eigenvalue weighted by atomic mass is 10.1. The maximum Gasteiger partial charge on any atom is 0.416 e. The number of halogens is 2. The highest BCUT2D eigenvalue weighted by atomic mass is 19.1. The number of amides is 1. The number of fused-ring (bicyclic) bond motifs is 1. The van der Waals surface area contributed by atoms with Gasteiger partial charge in [-0.3, -0.25) is 0 Å². The van der Waals surface area contributed by atoms with E-state index in [0.29, 0.717) is 26.3 Å². The van der Waals surface area contributed by atoms with Gasteiger partial charge in [-0.2, -0.15) is 10.3 Å². The lowest BCUT2D eigenvalue weighted by Crippen LogP contribution is -2.41. The fourth-order valence-electron chi connectivity index (χ4n) is 3.15. The molecule has 0 N–H and O–H groups in total. The molecule has 0 bridgehead atoms. The van der Waals surface area contributed by atoms with E-state index in [1.165, 1.54) is 9.47 Å². The first-order valence-corrected chi connectivity index (χ1v) is 9.60. The molecule has 1 amide bonds. The lowest BCUT2D eigenvalue weighted by Gasteiger charge is -2.26. The molecule has 1 aliphatic rings. The molecule has 0 atom stereocenters. The Balaban J connectivity index is 2.09. The highest BCUT2D eigenvalue weighted by Crippen LogP contribution is 2.34. The van der Waals surface area contributed by atoms with Crippen molar-refractivity contribution in [1.29, 1.82) is 5.26 Å². The Kier molecular flexibility index (Phi) is 6.03. The van der Waals surface area contributed by atoms with E-state index < -0.39 is 28.8 Å². The van der Waals surface area contributed by atoms with Gasteiger partial charge in [0, 0.05) is 25.0 Å². The zero-order chi connectivity index (χ0) is 22.1. The van der Waals surface area contributed by atoms with Crippen LogP contribution in [0.2, 0.25) is 0 Å². The minimum absolute atomic E-state index is 0.0167. The molecule has 0 radical (unpaired) electrons. The third kappa shape index (κ3) is 4.11. The third-order valence-electron chi connectivity index (χ3n) is 4.59. The van der Waals surface area contributed by atoms with Crippen LogP contribution in [-0.4, -0.2) is 52.7 Å². The van der Waals surface area contributed by atoms with Crippen molar-refractivity contribution in [3.63, 3.8) is 0 Å². The van der Waals surface area contributed by atoms with Gasteiger partial charge in [-0.1, -0.05) is 6.92 Å². The molecule has 2 heterocycles. The number of benzene rings is 1. The Morgan fingerprint density at radius 2 is 2.03 bits per heavy atom. The normalized spacial score (nSPS) is 15.4. The van der Waals surface area contributed by atoms with Crippen LogP contribution in [0.4, 0.5) is 19.5 Å². The van der Waals surface area contributed by atoms with Gasteiger partial charge >= 0.3 is 6.09 Å². The molecule has 160 valence electrons. The number of nitriles is 1. The highest BCUT2D eigenvalue weighted by Gasteiger charge is 2.28. The first kappa shape index (κ1) is 21.6. The molecular formula is C20H23F2N5O3. The largest absolute Gasteiger partial charge is 0.416 e. The summed E-state index contributed by atoms with van der Waals surface area (Å²) in [6.45, 7) is 8.72. The van der Waals surface area contributed by atoms with E-state index in [4.69, 9.17) is 14.7 Å². The van der Waals surface area contributed by atoms with Crippen LogP contribution >= 0.6 is 0 Å². The summed E-state index contributed by atoms with van der Waals surface area (Å²) in [4.78, 5) is 22.3. The maximum atomic E-state index is 14.9. The fraction of sp³-hybridized carbons (Fsp3) is 0.500. The predicted molar refractivity (Wildman–Crippen MR) is 106 cm³/mol. The summed E-state index contributed by atoms with van der Waals surface area (Å²) in [5, 5.41) is 9.12. The minimum Gasteiger partial charge on any atom is -0.395 e. The third-order valence-corrected chi connectivity index (χ3v) is 4.59. The van der Waals surface area contributed by atoms with Crippen LogP contribution in [0.1, 0.15) is 39.7 Å². The van der Waals surface area contributed by atoms with Gasteiger partial charge in [0.15, 0.2) is 11.6 Å². The van der Waals surface area contributed by atoms with Crippen LogP contribution in [0.5, 0.6) is 0 Å². The van der Waals surface area contributed by atoms with E-state index in [-0.39, 0.29) is 29.3 Å². The number of hydrogen-bond acceptors (Lipinski definition) is 6. The molecule has 0 aliphatic carbocycles. The standard InChI is InChI=1S/C20H23F2N5O3/c1-5-14(30-19(28)26-6-8-29-9-7-26)24-18-25-16-13(21)10-12(11-23)15(22)17(16)27(18)20(2,3)4/h10H,5-9H2,1-4H3/b24-14-. The summed E-state index contributed by atoms with van der Waals surface area (Å²) in [5.41, 5.74) is -1.57. The number of carbonyl (C=O) groups excluding carboxylic acids is 1. The fourth-order valence-corrected chi connectivity index (χ4v) is 3.15. The molecule has 1 aromatic heterocycles. The van der Waals surface area contributed by atoms with Crippen LogP contribution in [-0.2, 0) is 15.0 Å².